The highest BCUT2D eigenvalue weighted by molar-refractivity contribution is 5.98. The molecule has 1 N–H and O–H groups in total. The number of rotatable bonds is 4. The van der Waals surface area contributed by atoms with E-state index in [-0.39, 0.29) is 5.91 Å². The molecule has 0 atom stereocenters. The van der Waals surface area contributed by atoms with Crippen LogP contribution in [0.25, 0.3) is 16.5 Å². The summed E-state index contributed by atoms with van der Waals surface area (Å²) in [7, 11) is 1.67. The topological polar surface area (TPSA) is 51.5 Å². The predicted molar refractivity (Wildman–Crippen MR) is 96.5 cm³/mol. The van der Waals surface area contributed by atoms with E-state index in [2.05, 4.69) is 11.4 Å². The van der Waals surface area contributed by atoms with Gasteiger partial charge in [0, 0.05) is 41.1 Å². The average Bonchev–Trinajstić information content (AvgIpc) is 2.94. The predicted octanol–water partition coefficient (Wildman–Crippen LogP) is 4.17. The van der Waals surface area contributed by atoms with Gasteiger partial charge >= 0.3 is 0 Å². The lowest BCUT2D eigenvalue weighted by atomic mass is 9.93. The molecule has 0 saturated carbocycles. The molecule has 1 heterocycles. The van der Waals surface area contributed by atoms with Crippen molar-refractivity contribution in [2.45, 2.75) is 46.5 Å². The molecule has 1 amide bonds. The highest BCUT2D eigenvalue weighted by Gasteiger charge is 2.22. The molecule has 0 saturated heterocycles. The second-order valence-electron chi connectivity index (χ2n) is 6.39. The lowest BCUT2D eigenvalue weighted by Crippen LogP contribution is -2.20. The van der Waals surface area contributed by atoms with E-state index < -0.39 is 0 Å². The first-order valence-electron chi connectivity index (χ1n) is 8.65. The van der Waals surface area contributed by atoms with Crippen molar-refractivity contribution in [2.24, 2.45) is 0 Å². The maximum Gasteiger partial charge on any atom is 0.244 e. The number of hydrogen-bond acceptors (Lipinski definition) is 3. The normalized spacial score (nSPS) is 14.6. The molecule has 0 spiro atoms. The van der Waals surface area contributed by atoms with Crippen LogP contribution in [-0.4, -0.2) is 19.6 Å². The van der Waals surface area contributed by atoms with Gasteiger partial charge in [0.15, 0.2) is 0 Å². The maximum atomic E-state index is 11.9. The van der Waals surface area contributed by atoms with Gasteiger partial charge in [-0.1, -0.05) is 0 Å². The Balaban J connectivity index is 2.18. The summed E-state index contributed by atoms with van der Waals surface area (Å²) in [6.07, 6.45) is 6.10. The van der Waals surface area contributed by atoms with Gasteiger partial charge in [0.05, 0.1) is 7.11 Å². The molecule has 1 aromatic heterocycles. The van der Waals surface area contributed by atoms with E-state index in [0.717, 1.165) is 46.6 Å². The number of amides is 1. The van der Waals surface area contributed by atoms with Crippen LogP contribution in [0.5, 0.6) is 5.75 Å². The van der Waals surface area contributed by atoms with Crippen LogP contribution in [-0.2, 0) is 17.6 Å². The van der Waals surface area contributed by atoms with Gasteiger partial charge in [0.1, 0.15) is 17.1 Å². The Labute approximate surface area is 142 Å². The van der Waals surface area contributed by atoms with Gasteiger partial charge < -0.3 is 14.5 Å². The van der Waals surface area contributed by atoms with Crippen LogP contribution in [0.3, 0.4) is 0 Å². The first-order chi connectivity index (χ1) is 11.6. The van der Waals surface area contributed by atoms with Crippen molar-refractivity contribution >= 4 is 22.4 Å². The van der Waals surface area contributed by atoms with Crippen molar-refractivity contribution in [3.8, 4) is 5.75 Å². The standard InChI is InChI=1S/C20H25NO3/c1-5-21-18(22)10-12(2)15-11-16-14-8-6-7-9-17(14)24-20(16)13(3)19(15)23-4/h10-11H,5-9H2,1-4H3,(H,21,22)/b12-10+. The lowest BCUT2D eigenvalue weighted by molar-refractivity contribution is -0.116. The van der Waals surface area contributed by atoms with Crippen molar-refractivity contribution < 1.29 is 13.9 Å². The number of allylic oxidation sites excluding steroid dienone is 1. The molecule has 2 aromatic rings. The first kappa shape index (κ1) is 16.6. The van der Waals surface area contributed by atoms with Crippen molar-refractivity contribution in [3.63, 3.8) is 0 Å². The minimum atomic E-state index is -0.0796. The summed E-state index contributed by atoms with van der Waals surface area (Å²) in [5.74, 6) is 1.82. The molecule has 1 aliphatic carbocycles. The zero-order valence-electron chi connectivity index (χ0n) is 14.9. The number of likely N-dealkylation sites (N-methyl/N-ethyl adjacent to an activating group) is 1. The van der Waals surface area contributed by atoms with E-state index in [1.54, 1.807) is 13.2 Å². The molecule has 0 aliphatic heterocycles. The zero-order chi connectivity index (χ0) is 17.3. The van der Waals surface area contributed by atoms with Gasteiger partial charge in [-0.2, -0.15) is 0 Å². The van der Waals surface area contributed by atoms with E-state index >= 15 is 0 Å². The molecule has 0 bridgehead atoms. The van der Waals surface area contributed by atoms with E-state index in [1.165, 1.54) is 23.8 Å². The van der Waals surface area contributed by atoms with E-state index in [4.69, 9.17) is 9.15 Å². The Kier molecular flexibility index (Phi) is 4.65. The number of fused-ring (bicyclic) bond motifs is 3. The van der Waals surface area contributed by atoms with Crippen molar-refractivity contribution in [1.82, 2.24) is 5.32 Å². The van der Waals surface area contributed by atoms with Gasteiger partial charge in [-0.15, -0.1) is 0 Å². The average molecular weight is 327 g/mol. The maximum absolute atomic E-state index is 11.9. The third kappa shape index (κ3) is 2.81. The number of hydrogen-bond donors (Lipinski definition) is 1. The number of carbonyl (C=O) groups excluding carboxylic acids is 1. The molecule has 3 rings (SSSR count). The molecule has 128 valence electrons. The summed E-state index contributed by atoms with van der Waals surface area (Å²) >= 11 is 0. The van der Waals surface area contributed by atoms with Crippen LogP contribution in [0, 0.1) is 6.92 Å². The van der Waals surface area contributed by atoms with Gasteiger partial charge in [0.2, 0.25) is 5.91 Å². The summed E-state index contributed by atoms with van der Waals surface area (Å²) in [6, 6.07) is 2.12. The Morgan fingerprint density at radius 1 is 1.38 bits per heavy atom. The number of aryl methyl sites for hydroxylation is 3. The Hall–Kier alpha value is -2.23. The molecule has 1 aliphatic rings. The Morgan fingerprint density at radius 3 is 2.83 bits per heavy atom. The molecular weight excluding hydrogens is 302 g/mol. The number of methoxy groups -OCH3 is 1. The molecule has 24 heavy (non-hydrogen) atoms. The third-order valence-electron chi connectivity index (χ3n) is 4.75. The second kappa shape index (κ2) is 6.71. The molecule has 4 nitrogen and oxygen atoms in total. The Morgan fingerprint density at radius 2 is 2.12 bits per heavy atom. The molecule has 4 heteroatoms. The minimum absolute atomic E-state index is 0.0796. The fourth-order valence-electron chi connectivity index (χ4n) is 3.59. The van der Waals surface area contributed by atoms with Crippen LogP contribution >= 0.6 is 0 Å². The molecule has 0 fully saturated rings. The van der Waals surface area contributed by atoms with Crippen molar-refractivity contribution in [2.75, 3.05) is 13.7 Å². The van der Waals surface area contributed by atoms with Gasteiger partial charge in [0.25, 0.3) is 0 Å². The summed E-state index contributed by atoms with van der Waals surface area (Å²) in [4.78, 5) is 11.9. The van der Waals surface area contributed by atoms with Crippen LogP contribution in [0.15, 0.2) is 16.6 Å². The first-order valence-corrected chi connectivity index (χ1v) is 8.65. The highest BCUT2D eigenvalue weighted by atomic mass is 16.5. The highest BCUT2D eigenvalue weighted by Crippen LogP contribution is 2.40. The fourth-order valence-corrected chi connectivity index (χ4v) is 3.59. The van der Waals surface area contributed by atoms with Gasteiger partial charge in [-0.3, -0.25) is 4.79 Å². The number of furan rings is 1. The number of ether oxygens (including phenoxy) is 1. The summed E-state index contributed by atoms with van der Waals surface area (Å²) in [5, 5.41) is 3.97. The zero-order valence-corrected chi connectivity index (χ0v) is 14.9. The van der Waals surface area contributed by atoms with Crippen LogP contribution < -0.4 is 10.1 Å². The van der Waals surface area contributed by atoms with Gasteiger partial charge in [-0.05, 0) is 51.7 Å². The fraction of sp³-hybridized carbons (Fsp3) is 0.450. The molecule has 0 unspecified atom stereocenters. The number of nitrogens with one attached hydrogen (secondary N) is 1. The molecular formula is C20H25NO3. The second-order valence-corrected chi connectivity index (χ2v) is 6.39. The number of benzene rings is 1. The van der Waals surface area contributed by atoms with Crippen LogP contribution in [0.4, 0.5) is 0 Å². The summed E-state index contributed by atoms with van der Waals surface area (Å²) in [6.45, 7) is 6.51. The monoisotopic (exact) mass is 327 g/mol. The quantitative estimate of drug-likeness (QED) is 0.858. The minimum Gasteiger partial charge on any atom is -0.496 e. The summed E-state index contributed by atoms with van der Waals surface area (Å²) in [5.41, 5.74) is 5.11. The van der Waals surface area contributed by atoms with Crippen LogP contribution in [0.1, 0.15) is 49.1 Å². The van der Waals surface area contributed by atoms with E-state index in [9.17, 15) is 4.79 Å². The summed E-state index contributed by atoms with van der Waals surface area (Å²) < 4.78 is 11.8. The SMILES string of the molecule is CCNC(=O)/C=C(\C)c1cc2c3c(oc2c(C)c1OC)CCCC3. The molecule has 1 aromatic carbocycles. The van der Waals surface area contributed by atoms with Gasteiger partial charge in [-0.25, -0.2) is 0 Å². The van der Waals surface area contributed by atoms with Crippen LogP contribution in [0.2, 0.25) is 0 Å². The smallest absolute Gasteiger partial charge is 0.244 e. The number of carbonyl (C=O) groups is 1. The Bertz CT molecular complexity index is 814. The van der Waals surface area contributed by atoms with Crippen molar-refractivity contribution in [1.29, 1.82) is 0 Å². The molecule has 0 radical (unpaired) electrons. The van der Waals surface area contributed by atoms with Crippen molar-refractivity contribution in [3.05, 3.63) is 34.6 Å². The largest absolute Gasteiger partial charge is 0.496 e. The third-order valence-corrected chi connectivity index (χ3v) is 4.75. The lowest BCUT2D eigenvalue weighted by Gasteiger charge is -2.13. The van der Waals surface area contributed by atoms with E-state index in [0.29, 0.717) is 6.54 Å². The van der Waals surface area contributed by atoms with E-state index in [1.807, 2.05) is 20.8 Å².